The monoisotopic (exact) mass is 327 g/mol. The number of aryl methyl sites for hydroxylation is 1. The SMILES string of the molecule is O=C(NCCCc1ccccn1)[C@H]1CCCN(Cc2ccco2)C1. The summed E-state index contributed by atoms with van der Waals surface area (Å²) in [5, 5.41) is 3.09. The van der Waals surface area contributed by atoms with E-state index >= 15 is 0 Å². The van der Waals surface area contributed by atoms with Gasteiger partial charge in [-0.05, 0) is 56.5 Å². The molecule has 0 aromatic carbocycles. The fraction of sp³-hybridized carbons (Fsp3) is 0.474. The molecule has 2 aromatic rings. The first-order valence-corrected chi connectivity index (χ1v) is 8.73. The normalized spacial score (nSPS) is 18.4. The number of likely N-dealkylation sites (tertiary alicyclic amines) is 1. The maximum atomic E-state index is 12.4. The van der Waals surface area contributed by atoms with Crippen molar-refractivity contribution in [1.29, 1.82) is 0 Å². The summed E-state index contributed by atoms with van der Waals surface area (Å²) < 4.78 is 5.41. The van der Waals surface area contributed by atoms with Crippen LogP contribution in [-0.4, -0.2) is 35.4 Å². The van der Waals surface area contributed by atoms with Crippen molar-refractivity contribution in [2.75, 3.05) is 19.6 Å². The minimum absolute atomic E-state index is 0.0866. The lowest BCUT2D eigenvalue weighted by atomic mass is 9.97. The number of carbonyl (C=O) groups is 1. The van der Waals surface area contributed by atoms with Crippen LogP contribution in [0.5, 0.6) is 0 Å². The van der Waals surface area contributed by atoms with Crippen molar-refractivity contribution in [3.63, 3.8) is 0 Å². The third-order valence-corrected chi connectivity index (χ3v) is 4.47. The van der Waals surface area contributed by atoms with E-state index in [2.05, 4.69) is 15.2 Å². The fourth-order valence-electron chi connectivity index (χ4n) is 3.21. The Morgan fingerprint density at radius 2 is 2.29 bits per heavy atom. The summed E-state index contributed by atoms with van der Waals surface area (Å²) in [6.45, 7) is 3.34. The Balaban J connectivity index is 1.38. The number of nitrogens with zero attached hydrogens (tertiary/aromatic N) is 2. The van der Waals surface area contributed by atoms with E-state index in [0.29, 0.717) is 6.54 Å². The summed E-state index contributed by atoms with van der Waals surface area (Å²) in [4.78, 5) is 19.0. The fourth-order valence-corrected chi connectivity index (χ4v) is 3.21. The van der Waals surface area contributed by atoms with Gasteiger partial charge in [0.05, 0.1) is 18.7 Å². The molecule has 1 aliphatic rings. The first kappa shape index (κ1) is 16.7. The molecule has 0 spiro atoms. The molecule has 128 valence electrons. The Labute approximate surface area is 143 Å². The highest BCUT2D eigenvalue weighted by Crippen LogP contribution is 2.19. The van der Waals surface area contributed by atoms with E-state index < -0.39 is 0 Å². The van der Waals surface area contributed by atoms with E-state index in [1.807, 2.05) is 36.5 Å². The van der Waals surface area contributed by atoms with Crippen molar-refractivity contribution >= 4 is 5.91 Å². The number of carbonyl (C=O) groups excluding carboxylic acids is 1. The van der Waals surface area contributed by atoms with Crippen LogP contribution in [0.1, 0.15) is 30.7 Å². The van der Waals surface area contributed by atoms with Gasteiger partial charge in [0.25, 0.3) is 0 Å². The summed E-state index contributed by atoms with van der Waals surface area (Å²) in [5.74, 6) is 1.23. The molecule has 1 atom stereocenters. The van der Waals surface area contributed by atoms with E-state index in [0.717, 1.165) is 56.8 Å². The number of nitrogens with one attached hydrogen (secondary N) is 1. The highest BCUT2D eigenvalue weighted by atomic mass is 16.3. The standard InChI is InChI=1S/C19H25N3O2/c23-19(21-11-3-8-17-7-1-2-10-20-17)16-6-4-12-22(14-16)15-18-9-5-13-24-18/h1-2,5,7,9-10,13,16H,3-4,6,8,11-12,14-15H2,(H,21,23)/t16-/m0/s1. The maximum Gasteiger partial charge on any atom is 0.224 e. The molecule has 5 heteroatoms. The molecule has 0 unspecified atom stereocenters. The van der Waals surface area contributed by atoms with Gasteiger partial charge in [-0.3, -0.25) is 14.7 Å². The Hall–Kier alpha value is -2.14. The van der Waals surface area contributed by atoms with Gasteiger partial charge in [0, 0.05) is 25.0 Å². The van der Waals surface area contributed by atoms with Gasteiger partial charge in [-0.1, -0.05) is 6.07 Å². The van der Waals surface area contributed by atoms with E-state index in [4.69, 9.17) is 4.42 Å². The maximum absolute atomic E-state index is 12.4. The quantitative estimate of drug-likeness (QED) is 0.794. The van der Waals surface area contributed by atoms with Gasteiger partial charge in [0.1, 0.15) is 5.76 Å². The van der Waals surface area contributed by atoms with Crippen molar-refractivity contribution < 1.29 is 9.21 Å². The minimum atomic E-state index is 0.0866. The van der Waals surface area contributed by atoms with Crippen molar-refractivity contribution in [3.8, 4) is 0 Å². The lowest BCUT2D eigenvalue weighted by molar-refractivity contribution is -0.126. The highest BCUT2D eigenvalue weighted by molar-refractivity contribution is 5.78. The van der Waals surface area contributed by atoms with Crippen LogP contribution in [0.25, 0.3) is 0 Å². The van der Waals surface area contributed by atoms with Crippen LogP contribution >= 0.6 is 0 Å². The van der Waals surface area contributed by atoms with Crippen molar-refractivity contribution in [3.05, 3.63) is 54.2 Å². The van der Waals surface area contributed by atoms with Crippen LogP contribution in [-0.2, 0) is 17.8 Å². The zero-order valence-electron chi connectivity index (χ0n) is 14.0. The molecule has 0 radical (unpaired) electrons. The highest BCUT2D eigenvalue weighted by Gasteiger charge is 2.25. The number of piperidine rings is 1. The molecule has 0 bridgehead atoms. The van der Waals surface area contributed by atoms with Crippen LogP contribution < -0.4 is 5.32 Å². The Morgan fingerprint density at radius 3 is 3.08 bits per heavy atom. The molecule has 1 amide bonds. The van der Waals surface area contributed by atoms with Gasteiger partial charge in [-0.25, -0.2) is 0 Å². The molecular formula is C19H25N3O2. The summed E-state index contributed by atoms with van der Waals surface area (Å²) >= 11 is 0. The van der Waals surface area contributed by atoms with Crippen LogP contribution in [0.2, 0.25) is 0 Å². The molecule has 1 N–H and O–H groups in total. The number of pyridine rings is 1. The minimum Gasteiger partial charge on any atom is -0.468 e. The van der Waals surface area contributed by atoms with Crippen LogP contribution in [0.15, 0.2) is 47.2 Å². The number of amides is 1. The molecule has 3 rings (SSSR count). The summed E-state index contributed by atoms with van der Waals surface area (Å²) in [6.07, 6.45) is 7.37. The molecule has 1 fully saturated rings. The predicted octanol–water partition coefficient (Wildman–Crippen LogP) is 2.64. The zero-order valence-corrected chi connectivity index (χ0v) is 14.0. The summed E-state index contributed by atoms with van der Waals surface area (Å²) in [5.41, 5.74) is 1.08. The van der Waals surface area contributed by atoms with Crippen molar-refractivity contribution in [2.45, 2.75) is 32.2 Å². The second-order valence-electron chi connectivity index (χ2n) is 6.37. The average molecular weight is 327 g/mol. The molecule has 1 aliphatic heterocycles. The predicted molar refractivity (Wildman–Crippen MR) is 92.3 cm³/mol. The van der Waals surface area contributed by atoms with E-state index in [1.165, 1.54) is 0 Å². The molecule has 0 saturated carbocycles. The molecule has 24 heavy (non-hydrogen) atoms. The average Bonchev–Trinajstić information content (AvgIpc) is 3.13. The van der Waals surface area contributed by atoms with Crippen molar-refractivity contribution in [2.24, 2.45) is 5.92 Å². The van der Waals surface area contributed by atoms with Crippen LogP contribution in [0.4, 0.5) is 0 Å². The second kappa shape index (κ2) is 8.64. The number of aromatic nitrogens is 1. The van der Waals surface area contributed by atoms with Gasteiger partial charge in [0.15, 0.2) is 0 Å². The van der Waals surface area contributed by atoms with E-state index in [9.17, 15) is 4.79 Å². The van der Waals surface area contributed by atoms with Gasteiger partial charge in [-0.15, -0.1) is 0 Å². The van der Waals surface area contributed by atoms with Crippen molar-refractivity contribution in [1.82, 2.24) is 15.2 Å². The van der Waals surface area contributed by atoms with Gasteiger partial charge in [-0.2, -0.15) is 0 Å². The number of hydrogen-bond donors (Lipinski definition) is 1. The third kappa shape index (κ3) is 4.93. The van der Waals surface area contributed by atoms with Gasteiger partial charge < -0.3 is 9.73 Å². The molecule has 1 saturated heterocycles. The Bertz CT molecular complexity index is 613. The summed E-state index contributed by atoms with van der Waals surface area (Å²) in [7, 11) is 0. The first-order chi connectivity index (χ1) is 11.8. The van der Waals surface area contributed by atoms with Crippen LogP contribution in [0, 0.1) is 5.92 Å². The molecule has 5 nitrogen and oxygen atoms in total. The third-order valence-electron chi connectivity index (χ3n) is 4.47. The number of furan rings is 1. The molecule has 0 aliphatic carbocycles. The Kier molecular flexibility index (Phi) is 6.01. The number of hydrogen-bond acceptors (Lipinski definition) is 4. The topological polar surface area (TPSA) is 58.4 Å². The summed E-state index contributed by atoms with van der Waals surface area (Å²) in [6, 6.07) is 9.83. The largest absolute Gasteiger partial charge is 0.468 e. The molecule has 3 heterocycles. The Morgan fingerprint density at radius 1 is 1.33 bits per heavy atom. The first-order valence-electron chi connectivity index (χ1n) is 8.73. The second-order valence-corrected chi connectivity index (χ2v) is 6.37. The molecular weight excluding hydrogens is 302 g/mol. The molecule has 2 aromatic heterocycles. The zero-order chi connectivity index (χ0) is 16.6. The number of rotatable bonds is 7. The lowest BCUT2D eigenvalue weighted by Crippen LogP contribution is -2.42. The van der Waals surface area contributed by atoms with Crippen LogP contribution in [0.3, 0.4) is 0 Å². The smallest absolute Gasteiger partial charge is 0.224 e. The van der Waals surface area contributed by atoms with Gasteiger partial charge >= 0.3 is 0 Å². The van der Waals surface area contributed by atoms with Gasteiger partial charge in [0.2, 0.25) is 5.91 Å². The lowest BCUT2D eigenvalue weighted by Gasteiger charge is -2.31. The van der Waals surface area contributed by atoms with E-state index in [1.54, 1.807) is 6.26 Å². The van der Waals surface area contributed by atoms with E-state index in [-0.39, 0.29) is 11.8 Å².